The third-order valence-electron chi connectivity index (χ3n) is 6.23. The van der Waals surface area contributed by atoms with E-state index in [9.17, 15) is 18.0 Å². The Balaban J connectivity index is 1.44. The van der Waals surface area contributed by atoms with Crippen LogP contribution in [0.2, 0.25) is 10.0 Å². The van der Waals surface area contributed by atoms with Crippen LogP contribution >= 0.6 is 23.2 Å². The van der Waals surface area contributed by atoms with Crippen molar-refractivity contribution >= 4 is 51.3 Å². The van der Waals surface area contributed by atoms with Crippen LogP contribution in [0.15, 0.2) is 99.3 Å². The first-order valence-corrected chi connectivity index (χ1v) is 15.0. The van der Waals surface area contributed by atoms with Gasteiger partial charge in [-0.1, -0.05) is 77.3 Å². The Hall–Kier alpha value is -3.96. The molecule has 42 heavy (non-hydrogen) atoms. The number of carbonyl (C=O) groups excluding carboxylic acids is 2. The SMILES string of the molecule is Cc1ccc(S(=O)(=O)N(Cc2ccc(Cl)c(Cl)c2)Cc2ccc(/C=N/NC(=O)C(=O)N[C@@H](C)c3ccccc3)o2)cc1. The standard InChI is InChI=1S/C30H28Cl2N4O5S/c1-20-8-13-26(14-9-20)42(39,40)36(18-22-10-15-27(31)28(32)16-22)19-25-12-11-24(41-25)17-33-35-30(38)29(37)34-21(2)23-6-4-3-5-7-23/h3-17,21H,18-19H2,1-2H3,(H,34,37)(H,35,38)/b33-17+/t21-/m0/s1. The van der Waals surface area contributed by atoms with Gasteiger partial charge in [-0.2, -0.15) is 9.41 Å². The van der Waals surface area contributed by atoms with Gasteiger partial charge in [-0.05, 0) is 61.4 Å². The molecule has 12 heteroatoms. The van der Waals surface area contributed by atoms with E-state index in [1.807, 2.05) is 37.3 Å². The van der Waals surface area contributed by atoms with Crippen molar-refractivity contribution in [3.63, 3.8) is 0 Å². The van der Waals surface area contributed by atoms with Gasteiger partial charge in [0.25, 0.3) is 0 Å². The molecule has 0 saturated heterocycles. The van der Waals surface area contributed by atoms with Crippen molar-refractivity contribution in [3.8, 4) is 0 Å². The lowest BCUT2D eigenvalue weighted by Crippen LogP contribution is -2.39. The molecule has 218 valence electrons. The summed E-state index contributed by atoms with van der Waals surface area (Å²) in [5.74, 6) is -1.22. The molecular formula is C30H28Cl2N4O5S. The maximum atomic E-state index is 13.6. The minimum Gasteiger partial charge on any atom is -0.459 e. The lowest BCUT2D eigenvalue weighted by atomic mass is 10.1. The minimum absolute atomic E-state index is 0.00376. The second-order valence-electron chi connectivity index (χ2n) is 9.44. The fourth-order valence-corrected chi connectivity index (χ4v) is 5.66. The molecule has 0 radical (unpaired) electrons. The van der Waals surface area contributed by atoms with Crippen LogP contribution in [0, 0.1) is 6.92 Å². The quantitative estimate of drug-likeness (QED) is 0.135. The average Bonchev–Trinajstić information content (AvgIpc) is 3.42. The van der Waals surface area contributed by atoms with Crippen molar-refractivity contribution in [3.05, 3.63) is 123 Å². The highest BCUT2D eigenvalue weighted by atomic mass is 35.5. The van der Waals surface area contributed by atoms with Crippen molar-refractivity contribution < 1.29 is 22.4 Å². The summed E-state index contributed by atoms with van der Waals surface area (Å²) >= 11 is 12.2. The largest absolute Gasteiger partial charge is 0.459 e. The fourth-order valence-electron chi connectivity index (χ4n) is 3.94. The highest BCUT2D eigenvalue weighted by Crippen LogP contribution is 2.26. The summed E-state index contributed by atoms with van der Waals surface area (Å²) in [4.78, 5) is 24.5. The van der Waals surface area contributed by atoms with Gasteiger partial charge in [0.05, 0.1) is 33.7 Å². The molecule has 0 spiro atoms. The molecule has 0 saturated carbocycles. The number of hydrogen-bond donors (Lipinski definition) is 2. The van der Waals surface area contributed by atoms with Crippen LogP contribution in [0.1, 0.15) is 41.2 Å². The number of aryl methyl sites for hydroxylation is 1. The molecule has 0 aliphatic heterocycles. The number of halogens is 2. The predicted molar refractivity (Wildman–Crippen MR) is 162 cm³/mol. The number of amides is 2. The van der Waals surface area contributed by atoms with E-state index in [0.29, 0.717) is 21.4 Å². The van der Waals surface area contributed by atoms with Gasteiger partial charge in [-0.25, -0.2) is 13.8 Å². The van der Waals surface area contributed by atoms with Crippen LogP contribution in [0.3, 0.4) is 0 Å². The van der Waals surface area contributed by atoms with Crippen LogP contribution in [-0.4, -0.2) is 30.8 Å². The van der Waals surface area contributed by atoms with E-state index < -0.39 is 21.8 Å². The molecule has 2 N–H and O–H groups in total. The van der Waals surface area contributed by atoms with Gasteiger partial charge in [0.1, 0.15) is 11.5 Å². The highest BCUT2D eigenvalue weighted by molar-refractivity contribution is 7.89. The van der Waals surface area contributed by atoms with Crippen molar-refractivity contribution in [1.82, 2.24) is 15.0 Å². The topological polar surface area (TPSA) is 121 Å². The molecular weight excluding hydrogens is 599 g/mol. The summed E-state index contributed by atoms with van der Waals surface area (Å²) in [5.41, 5.74) is 4.57. The molecule has 2 amide bonds. The lowest BCUT2D eigenvalue weighted by Gasteiger charge is -2.22. The zero-order valence-electron chi connectivity index (χ0n) is 22.8. The summed E-state index contributed by atoms with van der Waals surface area (Å²) in [6.07, 6.45) is 1.22. The molecule has 0 bridgehead atoms. The number of sulfonamides is 1. The van der Waals surface area contributed by atoms with Crippen molar-refractivity contribution in [1.29, 1.82) is 0 Å². The summed E-state index contributed by atoms with van der Waals surface area (Å²) in [5, 5.41) is 7.06. The molecule has 0 aliphatic rings. The maximum Gasteiger partial charge on any atom is 0.329 e. The Kier molecular flexibility index (Phi) is 10.2. The maximum absolute atomic E-state index is 13.6. The third-order valence-corrected chi connectivity index (χ3v) is 8.77. The molecule has 9 nitrogen and oxygen atoms in total. The number of nitrogens with zero attached hydrogens (tertiary/aromatic N) is 2. The number of furan rings is 1. The van der Waals surface area contributed by atoms with Gasteiger partial charge >= 0.3 is 11.8 Å². The third kappa shape index (κ3) is 8.07. The summed E-state index contributed by atoms with van der Waals surface area (Å²) in [6.45, 7) is 3.54. The first-order valence-electron chi connectivity index (χ1n) is 12.8. The first kappa shape index (κ1) is 31.0. The summed E-state index contributed by atoms with van der Waals surface area (Å²) in [6, 6.07) is 23.5. The Morgan fingerprint density at radius 3 is 2.33 bits per heavy atom. The second-order valence-corrected chi connectivity index (χ2v) is 12.2. The molecule has 1 atom stereocenters. The average molecular weight is 628 g/mol. The first-order chi connectivity index (χ1) is 20.0. The number of rotatable bonds is 10. The van der Waals surface area contributed by atoms with Crippen LogP contribution < -0.4 is 10.7 Å². The molecule has 0 aliphatic carbocycles. The molecule has 1 aromatic heterocycles. The van der Waals surface area contributed by atoms with Gasteiger partial charge in [-0.15, -0.1) is 0 Å². The molecule has 4 rings (SSSR count). The minimum atomic E-state index is -3.93. The molecule has 0 unspecified atom stereocenters. The van der Waals surface area contributed by atoms with Crippen molar-refractivity contribution in [2.75, 3.05) is 0 Å². The fraction of sp³-hybridized carbons (Fsp3) is 0.167. The molecule has 3 aromatic carbocycles. The second kappa shape index (κ2) is 13.8. The van der Waals surface area contributed by atoms with Crippen LogP contribution in [0.4, 0.5) is 0 Å². The van der Waals surface area contributed by atoms with Crippen LogP contribution in [0.5, 0.6) is 0 Å². The smallest absolute Gasteiger partial charge is 0.329 e. The number of benzene rings is 3. The molecule has 4 aromatic rings. The Morgan fingerprint density at radius 2 is 1.64 bits per heavy atom. The Bertz CT molecular complexity index is 1690. The number of nitrogens with one attached hydrogen (secondary N) is 2. The van der Waals surface area contributed by atoms with Gasteiger partial charge in [-0.3, -0.25) is 9.59 Å². The molecule has 0 fully saturated rings. The highest BCUT2D eigenvalue weighted by Gasteiger charge is 2.26. The summed E-state index contributed by atoms with van der Waals surface area (Å²) in [7, 11) is -3.93. The summed E-state index contributed by atoms with van der Waals surface area (Å²) < 4.78 is 34.2. The number of hydrazone groups is 1. The van der Waals surface area contributed by atoms with Crippen molar-refractivity contribution in [2.24, 2.45) is 5.10 Å². The van der Waals surface area contributed by atoms with Crippen LogP contribution in [0.25, 0.3) is 0 Å². The van der Waals surface area contributed by atoms with Crippen LogP contribution in [-0.2, 0) is 32.7 Å². The van der Waals surface area contributed by atoms with Gasteiger partial charge < -0.3 is 9.73 Å². The van der Waals surface area contributed by atoms with Gasteiger partial charge in [0.15, 0.2) is 0 Å². The normalized spacial score (nSPS) is 12.4. The van der Waals surface area contributed by atoms with Gasteiger partial charge in [0.2, 0.25) is 10.0 Å². The van der Waals surface area contributed by atoms with E-state index in [4.69, 9.17) is 27.6 Å². The van der Waals surface area contributed by atoms with E-state index in [2.05, 4.69) is 15.8 Å². The Morgan fingerprint density at radius 1 is 0.929 bits per heavy atom. The zero-order chi connectivity index (χ0) is 30.3. The van der Waals surface area contributed by atoms with Gasteiger partial charge in [0, 0.05) is 6.54 Å². The monoisotopic (exact) mass is 626 g/mol. The van der Waals surface area contributed by atoms with E-state index in [0.717, 1.165) is 11.1 Å². The van der Waals surface area contributed by atoms with Crippen molar-refractivity contribution in [2.45, 2.75) is 37.9 Å². The van der Waals surface area contributed by atoms with E-state index in [1.54, 1.807) is 61.5 Å². The lowest BCUT2D eigenvalue weighted by molar-refractivity contribution is -0.139. The number of carbonyl (C=O) groups is 2. The van der Waals surface area contributed by atoms with E-state index in [1.165, 1.54) is 10.5 Å². The molecule has 1 heterocycles. The zero-order valence-corrected chi connectivity index (χ0v) is 25.1. The van der Waals surface area contributed by atoms with E-state index >= 15 is 0 Å². The number of hydrogen-bond acceptors (Lipinski definition) is 6. The predicted octanol–water partition coefficient (Wildman–Crippen LogP) is 5.61. The Labute approximate surface area is 254 Å². The van der Waals surface area contributed by atoms with E-state index in [-0.39, 0.29) is 29.8 Å².